The van der Waals surface area contributed by atoms with Gasteiger partial charge in [0.05, 0.1) is 11.6 Å². The number of hydrogen-bond donors (Lipinski definition) is 1. The van der Waals surface area contributed by atoms with Crippen LogP contribution in [0, 0.1) is 11.3 Å². The van der Waals surface area contributed by atoms with Crippen molar-refractivity contribution >= 4 is 16.5 Å². The Labute approximate surface area is 145 Å². The van der Waals surface area contributed by atoms with Crippen LogP contribution in [0.3, 0.4) is 0 Å². The largest absolute Gasteiger partial charge is 0.361 e. The molecule has 0 saturated heterocycles. The highest BCUT2D eigenvalue weighted by atomic mass is 15.2. The fraction of sp³-hybridized carbons (Fsp3) is 0.476. The van der Waals surface area contributed by atoms with Crippen molar-refractivity contribution in [1.82, 2.24) is 9.88 Å². The molecule has 1 heterocycles. The van der Waals surface area contributed by atoms with Gasteiger partial charge >= 0.3 is 0 Å². The number of nitrogens with zero attached hydrogens (tertiary/aromatic N) is 2. The monoisotopic (exact) mass is 321 g/mol. The van der Waals surface area contributed by atoms with E-state index in [1.54, 1.807) is 0 Å². The van der Waals surface area contributed by atoms with Gasteiger partial charge in [-0.05, 0) is 70.7 Å². The second-order valence-corrected chi connectivity index (χ2v) is 7.37. The van der Waals surface area contributed by atoms with Crippen molar-refractivity contribution in [3.05, 3.63) is 41.6 Å². The second-order valence-electron chi connectivity index (χ2n) is 7.37. The highest BCUT2D eigenvalue weighted by Crippen LogP contribution is 2.34. The molecule has 0 spiro atoms. The maximum atomic E-state index is 9.16. The highest BCUT2D eigenvalue weighted by Gasteiger charge is 2.26. The first-order valence-corrected chi connectivity index (χ1v) is 8.99. The van der Waals surface area contributed by atoms with Gasteiger partial charge in [0.2, 0.25) is 0 Å². The van der Waals surface area contributed by atoms with E-state index >= 15 is 0 Å². The number of hydrogen-bond acceptors (Lipinski definition) is 2. The summed E-state index contributed by atoms with van der Waals surface area (Å²) in [6.45, 7) is 9.18. The van der Waals surface area contributed by atoms with Gasteiger partial charge < -0.3 is 4.98 Å². The Balaban J connectivity index is 1.87. The molecule has 0 amide bonds. The molecular formula is C21H27N3. The first kappa shape index (κ1) is 16.8. The fourth-order valence-electron chi connectivity index (χ4n) is 4.23. The smallest absolute Gasteiger partial charge is 0.0991 e. The first-order valence-electron chi connectivity index (χ1n) is 8.99. The van der Waals surface area contributed by atoms with Gasteiger partial charge in [-0.1, -0.05) is 6.08 Å². The normalized spacial score (nSPS) is 18.4. The van der Waals surface area contributed by atoms with Crippen LogP contribution in [0.5, 0.6) is 0 Å². The summed E-state index contributed by atoms with van der Waals surface area (Å²) in [4.78, 5) is 5.98. The Kier molecular flexibility index (Phi) is 4.78. The van der Waals surface area contributed by atoms with Crippen LogP contribution in [-0.2, 0) is 0 Å². The van der Waals surface area contributed by atoms with Gasteiger partial charge in [0.25, 0.3) is 0 Å². The summed E-state index contributed by atoms with van der Waals surface area (Å²) < 4.78 is 0. The fourth-order valence-corrected chi connectivity index (χ4v) is 4.23. The van der Waals surface area contributed by atoms with Crippen LogP contribution in [0.2, 0.25) is 0 Å². The number of nitrogens with one attached hydrogen (secondary N) is 1. The molecule has 24 heavy (non-hydrogen) atoms. The van der Waals surface area contributed by atoms with Crippen molar-refractivity contribution in [1.29, 1.82) is 5.26 Å². The number of allylic oxidation sites excluding steroid dienone is 1. The van der Waals surface area contributed by atoms with Crippen LogP contribution >= 0.6 is 0 Å². The molecule has 1 atom stereocenters. The van der Waals surface area contributed by atoms with E-state index in [4.69, 9.17) is 5.26 Å². The molecule has 1 aliphatic rings. The van der Waals surface area contributed by atoms with Crippen LogP contribution in [0.4, 0.5) is 0 Å². The van der Waals surface area contributed by atoms with Crippen LogP contribution in [0.15, 0.2) is 30.5 Å². The predicted molar refractivity (Wildman–Crippen MR) is 101 cm³/mol. The minimum absolute atomic E-state index is 0.580. The summed E-state index contributed by atoms with van der Waals surface area (Å²) in [7, 11) is 0. The number of fused-ring (bicyclic) bond motifs is 1. The molecule has 3 heteroatoms. The van der Waals surface area contributed by atoms with E-state index in [-0.39, 0.29) is 0 Å². The van der Waals surface area contributed by atoms with Crippen LogP contribution in [0.1, 0.15) is 58.1 Å². The number of benzene rings is 1. The first-order chi connectivity index (χ1) is 11.5. The van der Waals surface area contributed by atoms with E-state index in [9.17, 15) is 0 Å². The molecule has 126 valence electrons. The van der Waals surface area contributed by atoms with Crippen LogP contribution in [-0.4, -0.2) is 28.0 Å². The lowest BCUT2D eigenvalue weighted by Crippen LogP contribution is -2.45. The highest BCUT2D eigenvalue weighted by molar-refractivity contribution is 5.93. The molecule has 0 radical (unpaired) electrons. The summed E-state index contributed by atoms with van der Waals surface area (Å²) in [5, 5.41) is 10.3. The summed E-state index contributed by atoms with van der Waals surface area (Å²) in [6.07, 6.45) is 7.92. The molecule has 1 aromatic heterocycles. The minimum Gasteiger partial charge on any atom is -0.361 e. The standard InChI is InChI=1S/C21H27N3/c1-14(2)24(15(3)4)18-8-6-17(7-9-18)20-13-23-21-10-5-16(12-22)11-19(20)21/h5-6,10-11,13-15,18,23H,7-9H2,1-4H3. The summed E-state index contributed by atoms with van der Waals surface area (Å²) in [5.41, 5.74) is 4.52. The summed E-state index contributed by atoms with van der Waals surface area (Å²) >= 11 is 0. The van der Waals surface area contributed by atoms with Gasteiger partial charge in [-0.2, -0.15) is 5.26 Å². The lowest BCUT2D eigenvalue weighted by Gasteiger charge is -2.39. The summed E-state index contributed by atoms with van der Waals surface area (Å²) in [5.74, 6) is 0. The van der Waals surface area contributed by atoms with Gasteiger partial charge in [-0.3, -0.25) is 4.90 Å². The molecule has 0 saturated carbocycles. The van der Waals surface area contributed by atoms with Gasteiger partial charge in [0.1, 0.15) is 0 Å². The van der Waals surface area contributed by atoms with Gasteiger partial charge in [0, 0.05) is 40.8 Å². The van der Waals surface area contributed by atoms with E-state index in [0.717, 1.165) is 23.9 Å². The SMILES string of the molecule is CC(C)N(C(C)C)C1CC=C(c2c[nH]c3ccc(C#N)cc23)CC1. The van der Waals surface area contributed by atoms with E-state index in [1.165, 1.54) is 22.9 Å². The molecule has 1 aliphatic carbocycles. The maximum Gasteiger partial charge on any atom is 0.0991 e. The maximum absolute atomic E-state index is 9.16. The molecule has 3 nitrogen and oxygen atoms in total. The van der Waals surface area contributed by atoms with E-state index in [1.807, 2.05) is 18.2 Å². The zero-order chi connectivity index (χ0) is 17.3. The third-order valence-electron chi connectivity index (χ3n) is 5.15. The third kappa shape index (κ3) is 3.12. The van der Waals surface area contributed by atoms with E-state index in [2.05, 4.69) is 55.9 Å². The van der Waals surface area contributed by atoms with Crippen molar-refractivity contribution in [2.75, 3.05) is 0 Å². The Morgan fingerprint density at radius 3 is 2.54 bits per heavy atom. The molecule has 0 aliphatic heterocycles. The second kappa shape index (κ2) is 6.83. The molecule has 0 fully saturated rings. The van der Waals surface area contributed by atoms with Crippen molar-refractivity contribution in [2.45, 2.75) is 65.1 Å². The zero-order valence-electron chi connectivity index (χ0n) is 15.1. The molecule has 0 bridgehead atoms. The van der Waals surface area contributed by atoms with Crippen molar-refractivity contribution in [3.8, 4) is 6.07 Å². The quantitative estimate of drug-likeness (QED) is 0.852. The molecule has 3 rings (SSSR count). The predicted octanol–water partition coefficient (Wildman–Crippen LogP) is 5.09. The average Bonchev–Trinajstić information content (AvgIpc) is 2.98. The Bertz CT molecular complexity index is 781. The Morgan fingerprint density at radius 1 is 1.21 bits per heavy atom. The van der Waals surface area contributed by atoms with Crippen molar-refractivity contribution in [3.63, 3.8) is 0 Å². The number of aromatic amines is 1. The molecule has 1 aromatic carbocycles. The molecule has 1 unspecified atom stereocenters. The number of aromatic nitrogens is 1. The summed E-state index contributed by atoms with van der Waals surface area (Å²) in [6, 6.07) is 9.92. The number of rotatable bonds is 4. The van der Waals surface area contributed by atoms with Gasteiger partial charge in [-0.25, -0.2) is 0 Å². The van der Waals surface area contributed by atoms with Crippen molar-refractivity contribution in [2.24, 2.45) is 0 Å². The molecule has 1 N–H and O–H groups in total. The zero-order valence-corrected chi connectivity index (χ0v) is 15.1. The third-order valence-corrected chi connectivity index (χ3v) is 5.15. The number of nitriles is 1. The molecular weight excluding hydrogens is 294 g/mol. The Hall–Kier alpha value is -2.05. The Morgan fingerprint density at radius 2 is 1.96 bits per heavy atom. The number of H-pyrrole nitrogens is 1. The topological polar surface area (TPSA) is 42.8 Å². The van der Waals surface area contributed by atoms with Gasteiger partial charge in [0.15, 0.2) is 0 Å². The lowest BCUT2D eigenvalue weighted by atomic mass is 9.88. The van der Waals surface area contributed by atoms with E-state index < -0.39 is 0 Å². The molecule has 2 aromatic rings. The van der Waals surface area contributed by atoms with Crippen LogP contribution in [0.25, 0.3) is 16.5 Å². The van der Waals surface area contributed by atoms with Gasteiger partial charge in [-0.15, -0.1) is 0 Å². The minimum atomic E-state index is 0.580. The lowest BCUT2D eigenvalue weighted by molar-refractivity contribution is 0.106. The van der Waals surface area contributed by atoms with Crippen LogP contribution < -0.4 is 0 Å². The van der Waals surface area contributed by atoms with Crippen molar-refractivity contribution < 1.29 is 0 Å². The van der Waals surface area contributed by atoms with E-state index in [0.29, 0.717) is 18.1 Å². The average molecular weight is 321 g/mol.